The molecule has 3 aromatic rings. The van der Waals surface area contributed by atoms with Gasteiger partial charge in [-0.25, -0.2) is 0 Å². The molecular formula is C18H17ClN4O. The number of hydrogen-bond donors (Lipinski definition) is 1. The normalized spacial score (nSPS) is 10.7. The number of aromatic nitrogens is 3. The number of halogens is 1. The zero-order valence-corrected chi connectivity index (χ0v) is 14.4. The molecule has 0 saturated heterocycles. The Morgan fingerprint density at radius 2 is 1.83 bits per heavy atom. The van der Waals surface area contributed by atoms with Gasteiger partial charge >= 0.3 is 0 Å². The molecule has 24 heavy (non-hydrogen) atoms. The number of aryl methyl sites for hydroxylation is 3. The van der Waals surface area contributed by atoms with Crippen molar-refractivity contribution >= 4 is 23.2 Å². The van der Waals surface area contributed by atoms with Gasteiger partial charge < -0.3 is 5.32 Å². The average molecular weight is 341 g/mol. The molecule has 1 heterocycles. The molecule has 0 aliphatic heterocycles. The first-order chi connectivity index (χ1) is 11.5. The summed E-state index contributed by atoms with van der Waals surface area (Å²) in [5.41, 5.74) is 4.43. The predicted octanol–water partition coefficient (Wildman–Crippen LogP) is 4.10. The van der Waals surface area contributed by atoms with E-state index in [0.29, 0.717) is 16.4 Å². The number of hydrogen-bond acceptors (Lipinski definition) is 3. The van der Waals surface area contributed by atoms with Crippen LogP contribution in [0.2, 0.25) is 5.02 Å². The van der Waals surface area contributed by atoms with Crippen LogP contribution in [0.4, 0.5) is 5.69 Å². The molecule has 0 aliphatic carbocycles. The molecule has 0 spiro atoms. The Balaban J connectivity index is 1.91. The van der Waals surface area contributed by atoms with Crippen molar-refractivity contribution in [3.8, 4) is 5.69 Å². The maximum atomic E-state index is 12.5. The standard InChI is InChI=1S/C18H17ClN4O/c1-11-8-9-16(12(2)10-11)23-21-13(3)17(22-23)18(24)20-15-7-5-4-6-14(15)19/h4-10H,1-3H3,(H,20,24). The molecule has 0 radical (unpaired) electrons. The highest BCUT2D eigenvalue weighted by molar-refractivity contribution is 6.33. The molecule has 122 valence electrons. The van der Waals surface area contributed by atoms with Crippen LogP contribution in [-0.2, 0) is 0 Å². The van der Waals surface area contributed by atoms with Crippen molar-refractivity contribution < 1.29 is 4.79 Å². The van der Waals surface area contributed by atoms with Crippen molar-refractivity contribution in [2.75, 3.05) is 5.32 Å². The number of carbonyl (C=O) groups is 1. The van der Waals surface area contributed by atoms with E-state index in [4.69, 9.17) is 11.6 Å². The number of nitrogens with zero attached hydrogens (tertiary/aromatic N) is 3. The Bertz CT molecular complexity index is 917. The molecule has 0 fully saturated rings. The molecule has 0 aliphatic rings. The number of rotatable bonds is 3. The van der Waals surface area contributed by atoms with Gasteiger partial charge in [-0.2, -0.15) is 9.90 Å². The molecule has 2 aromatic carbocycles. The van der Waals surface area contributed by atoms with Crippen LogP contribution >= 0.6 is 11.6 Å². The van der Waals surface area contributed by atoms with Crippen LogP contribution in [0.3, 0.4) is 0 Å². The maximum Gasteiger partial charge on any atom is 0.278 e. The molecule has 1 aromatic heterocycles. The van der Waals surface area contributed by atoms with Gasteiger partial charge in [0.25, 0.3) is 5.91 Å². The predicted molar refractivity (Wildman–Crippen MR) is 95.0 cm³/mol. The van der Waals surface area contributed by atoms with E-state index in [1.165, 1.54) is 4.80 Å². The Hall–Kier alpha value is -2.66. The average Bonchev–Trinajstić information content (AvgIpc) is 2.91. The second-order valence-corrected chi connectivity index (χ2v) is 6.05. The lowest BCUT2D eigenvalue weighted by molar-refractivity contribution is 0.102. The van der Waals surface area contributed by atoms with Crippen LogP contribution in [0.25, 0.3) is 5.69 Å². The summed E-state index contributed by atoms with van der Waals surface area (Å²) in [6.45, 7) is 5.78. The first kappa shape index (κ1) is 16.2. The summed E-state index contributed by atoms with van der Waals surface area (Å²) in [7, 11) is 0. The lowest BCUT2D eigenvalue weighted by Gasteiger charge is -2.06. The van der Waals surface area contributed by atoms with Crippen molar-refractivity contribution in [1.82, 2.24) is 15.0 Å². The molecule has 5 nitrogen and oxygen atoms in total. The number of carbonyl (C=O) groups excluding carboxylic acids is 1. The van der Waals surface area contributed by atoms with Crippen LogP contribution in [0.15, 0.2) is 42.5 Å². The Kier molecular flexibility index (Phi) is 4.36. The van der Waals surface area contributed by atoms with Gasteiger partial charge in [-0.15, -0.1) is 5.10 Å². The maximum absolute atomic E-state index is 12.5. The van der Waals surface area contributed by atoms with Gasteiger partial charge in [-0.3, -0.25) is 4.79 Å². The topological polar surface area (TPSA) is 59.8 Å². The molecule has 0 bridgehead atoms. The molecule has 0 unspecified atom stereocenters. The van der Waals surface area contributed by atoms with E-state index in [1.807, 2.05) is 26.0 Å². The van der Waals surface area contributed by atoms with Crippen LogP contribution in [0.1, 0.15) is 27.3 Å². The minimum Gasteiger partial charge on any atom is -0.319 e. The fourth-order valence-corrected chi connectivity index (χ4v) is 2.65. The number of anilines is 1. The quantitative estimate of drug-likeness (QED) is 0.781. The van der Waals surface area contributed by atoms with E-state index >= 15 is 0 Å². The third-order valence-corrected chi connectivity index (χ3v) is 4.02. The molecule has 1 amide bonds. The summed E-state index contributed by atoms with van der Waals surface area (Å²) < 4.78 is 0. The summed E-state index contributed by atoms with van der Waals surface area (Å²) in [5.74, 6) is -0.336. The first-order valence-electron chi connectivity index (χ1n) is 7.53. The summed E-state index contributed by atoms with van der Waals surface area (Å²) in [6, 6.07) is 13.1. The van der Waals surface area contributed by atoms with Gasteiger partial charge in [0.1, 0.15) is 0 Å². The number of para-hydroxylation sites is 1. The fourth-order valence-electron chi connectivity index (χ4n) is 2.47. The summed E-state index contributed by atoms with van der Waals surface area (Å²) >= 11 is 6.08. The second kappa shape index (κ2) is 6.45. The molecule has 1 N–H and O–H groups in total. The number of nitrogens with one attached hydrogen (secondary N) is 1. The van der Waals surface area contributed by atoms with Gasteiger partial charge in [0.15, 0.2) is 5.69 Å². The smallest absolute Gasteiger partial charge is 0.278 e. The number of amides is 1. The van der Waals surface area contributed by atoms with Crippen LogP contribution in [-0.4, -0.2) is 20.9 Å². The van der Waals surface area contributed by atoms with Crippen LogP contribution in [0.5, 0.6) is 0 Å². The third kappa shape index (κ3) is 3.16. The van der Waals surface area contributed by atoms with Crippen molar-refractivity contribution in [3.05, 3.63) is 70.0 Å². The van der Waals surface area contributed by atoms with Crippen molar-refractivity contribution in [2.45, 2.75) is 20.8 Å². The summed E-state index contributed by atoms with van der Waals surface area (Å²) in [6.07, 6.45) is 0. The fraction of sp³-hybridized carbons (Fsp3) is 0.167. The monoisotopic (exact) mass is 340 g/mol. The molecule has 0 saturated carbocycles. The molecule has 0 atom stereocenters. The van der Waals surface area contributed by atoms with Gasteiger partial charge in [0, 0.05) is 0 Å². The Morgan fingerprint density at radius 1 is 1.08 bits per heavy atom. The third-order valence-electron chi connectivity index (χ3n) is 3.69. The zero-order valence-electron chi connectivity index (χ0n) is 13.7. The van der Waals surface area contributed by atoms with Crippen LogP contribution in [0, 0.1) is 20.8 Å². The minimum atomic E-state index is -0.336. The Labute approximate surface area is 145 Å². The van der Waals surface area contributed by atoms with Gasteiger partial charge in [-0.05, 0) is 44.5 Å². The van der Waals surface area contributed by atoms with Gasteiger partial charge in [-0.1, -0.05) is 41.4 Å². The zero-order chi connectivity index (χ0) is 17.3. The van der Waals surface area contributed by atoms with Crippen LogP contribution < -0.4 is 5.32 Å². The largest absolute Gasteiger partial charge is 0.319 e. The van der Waals surface area contributed by atoms with E-state index in [2.05, 4.69) is 21.6 Å². The second-order valence-electron chi connectivity index (χ2n) is 5.65. The van der Waals surface area contributed by atoms with Gasteiger partial charge in [0.2, 0.25) is 0 Å². The highest BCUT2D eigenvalue weighted by Crippen LogP contribution is 2.21. The molecule has 6 heteroatoms. The summed E-state index contributed by atoms with van der Waals surface area (Å²) in [4.78, 5) is 14.0. The van der Waals surface area contributed by atoms with Crippen molar-refractivity contribution in [1.29, 1.82) is 0 Å². The minimum absolute atomic E-state index is 0.273. The molecule has 3 rings (SSSR count). The molecular weight excluding hydrogens is 324 g/mol. The lowest BCUT2D eigenvalue weighted by Crippen LogP contribution is -2.14. The van der Waals surface area contributed by atoms with E-state index < -0.39 is 0 Å². The van der Waals surface area contributed by atoms with E-state index in [1.54, 1.807) is 31.2 Å². The van der Waals surface area contributed by atoms with E-state index in [9.17, 15) is 4.79 Å². The SMILES string of the molecule is Cc1ccc(-n2nc(C)c(C(=O)Nc3ccccc3Cl)n2)c(C)c1. The van der Waals surface area contributed by atoms with E-state index in [0.717, 1.165) is 16.8 Å². The highest BCUT2D eigenvalue weighted by atomic mass is 35.5. The van der Waals surface area contributed by atoms with E-state index in [-0.39, 0.29) is 11.6 Å². The first-order valence-corrected chi connectivity index (χ1v) is 7.91. The van der Waals surface area contributed by atoms with Crippen molar-refractivity contribution in [2.24, 2.45) is 0 Å². The lowest BCUT2D eigenvalue weighted by atomic mass is 10.1. The number of benzene rings is 2. The van der Waals surface area contributed by atoms with Crippen molar-refractivity contribution in [3.63, 3.8) is 0 Å². The Morgan fingerprint density at radius 3 is 2.54 bits per heavy atom. The summed E-state index contributed by atoms with van der Waals surface area (Å²) in [5, 5.41) is 12.0. The highest BCUT2D eigenvalue weighted by Gasteiger charge is 2.18. The van der Waals surface area contributed by atoms with Gasteiger partial charge in [0.05, 0.1) is 22.1 Å².